The molecule has 0 unspecified atom stereocenters. The number of aliphatic carboxylic acids is 1. The maximum absolute atomic E-state index is 14.1. The Balaban J connectivity index is 1.52. The molecule has 8 heteroatoms. The van der Waals surface area contributed by atoms with Gasteiger partial charge in [-0.2, -0.15) is 0 Å². The predicted molar refractivity (Wildman–Crippen MR) is 126 cm³/mol. The van der Waals surface area contributed by atoms with Gasteiger partial charge < -0.3 is 15.2 Å². The van der Waals surface area contributed by atoms with E-state index in [0.29, 0.717) is 0 Å². The first-order chi connectivity index (χ1) is 16.9. The minimum atomic E-state index is -1.36. The Morgan fingerprint density at radius 1 is 0.971 bits per heavy atom. The first-order valence-corrected chi connectivity index (χ1v) is 11.2. The van der Waals surface area contributed by atoms with Gasteiger partial charge in [0, 0.05) is 12.8 Å². The number of hydrogen-bond donors (Lipinski definition) is 2. The Bertz CT molecular complexity index is 1220. The molecular weight excluding hydrogens is 451 g/mol. The molecule has 0 radical (unpaired) electrons. The van der Waals surface area contributed by atoms with Crippen molar-refractivity contribution >= 4 is 18.0 Å². The zero-order valence-corrected chi connectivity index (χ0v) is 18.9. The van der Waals surface area contributed by atoms with Crippen LogP contribution in [0.2, 0.25) is 0 Å². The molecule has 1 aliphatic heterocycles. The minimum absolute atomic E-state index is 0.0389. The van der Waals surface area contributed by atoms with E-state index in [0.717, 1.165) is 16.7 Å². The third-order valence-corrected chi connectivity index (χ3v) is 5.99. The monoisotopic (exact) mass is 476 g/mol. The normalized spacial score (nSPS) is 15.6. The highest BCUT2D eigenvalue weighted by atomic mass is 19.1. The molecule has 1 aliphatic rings. The topological polar surface area (TPSA) is 95.9 Å². The summed E-state index contributed by atoms with van der Waals surface area (Å²) in [4.78, 5) is 39.5. The van der Waals surface area contributed by atoms with Crippen LogP contribution in [0.15, 0.2) is 78.9 Å². The molecule has 180 valence electrons. The molecule has 2 N–H and O–H groups in total. The van der Waals surface area contributed by atoms with E-state index in [-0.39, 0.29) is 31.6 Å². The highest BCUT2D eigenvalue weighted by Gasteiger charge is 2.37. The standard InChI is InChI=1S/C27H25FN2O5/c28-22-13-7-6-11-20(22)14-23(26(32)33)29-25(31)24-15-19-10-4-5-12-21(19)16-30(24)27(34)35-17-18-8-2-1-3-9-18/h1-13,23-24H,14-17H2,(H,29,31)(H,32,33)/t23-,24+/m1/s1. The average molecular weight is 477 g/mol. The lowest BCUT2D eigenvalue weighted by Gasteiger charge is -2.35. The third-order valence-electron chi connectivity index (χ3n) is 5.99. The summed E-state index contributed by atoms with van der Waals surface area (Å²) in [5.41, 5.74) is 2.75. The number of carbonyl (C=O) groups is 3. The zero-order chi connectivity index (χ0) is 24.8. The van der Waals surface area contributed by atoms with Crippen LogP contribution in [0, 0.1) is 5.82 Å². The number of halogens is 1. The Morgan fingerprint density at radius 2 is 1.63 bits per heavy atom. The number of carbonyl (C=O) groups excluding carboxylic acids is 2. The second-order valence-corrected chi connectivity index (χ2v) is 8.35. The van der Waals surface area contributed by atoms with E-state index >= 15 is 0 Å². The zero-order valence-electron chi connectivity index (χ0n) is 18.9. The van der Waals surface area contributed by atoms with Crippen molar-refractivity contribution in [2.45, 2.75) is 38.1 Å². The summed E-state index contributed by atoms with van der Waals surface area (Å²) in [6.45, 7) is 0.185. The predicted octanol–water partition coefficient (Wildman–Crippen LogP) is 3.70. The van der Waals surface area contributed by atoms with Crippen LogP contribution in [0.4, 0.5) is 9.18 Å². The number of nitrogens with one attached hydrogen (secondary N) is 1. The van der Waals surface area contributed by atoms with Gasteiger partial charge in [0.2, 0.25) is 5.91 Å². The number of ether oxygens (including phenoxy) is 1. The van der Waals surface area contributed by atoms with Gasteiger partial charge in [-0.15, -0.1) is 0 Å². The number of hydrogen-bond acceptors (Lipinski definition) is 4. The number of carboxylic acids is 1. The molecule has 0 spiro atoms. The summed E-state index contributed by atoms with van der Waals surface area (Å²) in [6.07, 6.45) is -0.700. The van der Waals surface area contributed by atoms with Crippen molar-refractivity contribution in [3.8, 4) is 0 Å². The lowest BCUT2D eigenvalue weighted by molar-refractivity contribution is -0.142. The molecule has 0 bridgehead atoms. The molecule has 1 heterocycles. The van der Waals surface area contributed by atoms with Crippen LogP contribution in [0.3, 0.4) is 0 Å². The van der Waals surface area contributed by atoms with Crippen molar-refractivity contribution in [2.24, 2.45) is 0 Å². The molecule has 0 aromatic heterocycles. The molecule has 35 heavy (non-hydrogen) atoms. The molecule has 3 aromatic rings. The largest absolute Gasteiger partial charge is 0.480 e. The van der Waals surface area contributed by atoms with E-state index < -0.39 is 35.9 Å². The number of carboxylic acid groups (broad SMARTS) is 1. The van der Waals surface area contributed by atoms with Gasteiger partial charge in [-0.3, -0.25) is 9.69 Å². The van der Waals surface area contributed by atoms with Gasteiger partial charge in [0.25, 0.3) is 0 Å². The Kier molecular flexibility index (Phi) is 7.40. The van der Waals surface area contributed by atoms with Crippen LogP contribution < -0.4 is 5.32 Å². The summed E-state index contributed by atoms with van der Waals surface area (Å²) >= 11 is 0. The Hall–Kier alpha value is -4.20. The summed E-state index contributed by atoms with van der Waals surface area (Å²) in [5, 5.41) is 12.2. The highest BCUT2D eigenvalue weighted by molar-refractivity contribution is 5.90. The van der Waals surface area contributed by atoms with Gasteiger partial charge in [-0.05, 0) is 28.3 Å². The van der Waals surface area contributed by atoms with Crippen LogP contribution in [0.5, 0.6) is 0 Å². The van der Waals surface area contributed by atoms with Gasteiger partial charge in [0.05, 0.1) is 6.54 Å². The second kappa shape index (κ2) is 10.8. The second-order valence-electron chi connectivity index (χ2n) is 8.35. The number of nitrogens with zero attached hydrogens (tertiary/aromatic N) is 1. The van der Waals surface area contributed by atoms with Gasteiger partial charge in [-0.1, -0.05) is 72.8 Å². The fraction of sp³-hybridized carbons (Fsp3) is 0.222. The minimum Gasteiger partial charge on any atom is -0.480 e. The first kappa shape index (κ1) is 23.9. The molecule has 0 fully saturated rings. The summed E-state index contributed by atoms with van der Waals surface area (Å²) in [5.74, 6) is -2.48. The van der Waals surface area contributed by atoms with Gasteiger partial charge in [0.1, 0.15) is 24.5 Å². The number of amides is 2. The van der Waals surface area contributed by atoms with Crippen molar-refractivity contribution in [3.05, 3.63) is 107 Å². The Labute approximate surface area is 202 Å². The van der Waals surface area contributed by atoms with Crippen molar-refractivity contribution in [2.75, 3.05) is 0 Å². The fourth-order valence-electron chi connectivity index (χ4n) is 4.10. The van der Waals surface area contributed by atoms with Crippen LogP contribution in [-0.2, 0) is 40.3 Å². The smallest absolute Gasteiger partial charge is 0.411 e. The van der Waals surface area contributed by atoms with E-state index in [1.165, 1.54) is 23.1 Å². The van der Waals surface area contributed by atoms with E-state index in [2.05, 4.69) is 5.32 Å². The lowest BCUT2D eigenvalue weighted by Crippen LogP contribution is -2.56. The van der Waals surface area contributed by atoms with Crippen LogP contribution >= 0.6 is 0 Å². The molecule has 4 rings (SSSR count). The van der Waals surface area contributed by atoms with Crippen molar-refractivity contribution in [3.63, 3.8) is 0 Å². The van der Waals surface area contributed by atoms with E-state index in [4.69, 9.17) is 4.74 Å². The quantitative estimate of drug-likeness (QED) is 0.542. The molecule has 0 aliphatic carbocycles. The molecule has 0 saturated heterocycles. The van der Waals surface area contributed by atoms with E-state index in [1.54, 1.807) is 6.07 Å². The van der Waals surface area contributed by atoms with Crippen LogP contribution in [0.1, 0.15) is 22.3 Å². The lowest BCUT2D eigenvalue weighted by atomic mass is 9.93. The summed E-state index contributed by atoms with van der Waals surface area (Å²) < 4.78 is 19.6. The Morgan fingerprint density at radius 3 is 2.34 bits per heavy atom. The fourth-order valence-corrected chi connectivity index (χ4v) is 4.10. The van der Waals surface area contributed by atoms with Crippen molar-refractivity contribution in [1.82, 2.24) is 10.2 Å². The van der Waals surface area contributed by atoms with Crippen molar-refractivity contribution in [1.29, 1.82) is 0 Å². The molecular formula is C27H25FN2O5. The summed E-state index contributed by atoms with van der Waals surface area (Å²) in [6, 6.07) is 20.1. The molecule has 0 saturated carbocycles. The van der Waals surface area contributed by atoms with Gasteiger partial charge in [-0.25, -0.2) is 14.0 Å². The number of rotatable bonds is 7. The SMILES string of the molecule is O=C(O)[C@@H](Cc1ccccc1F)NC(=O)[C@@H]1Cc2ccccc2CN1C(=O)OCc1ccccc1. The molecule has 3 aromatic carbocycles. The third kappa shape index (κ3) is 5.84. The molecule has 2 atom stereocenters. The van der Waals surface area contributed by atoms with E-state index in [9.17, 15) is 23.9 Å². The maximum Gasteiger partial charge on any atom is 0.411 e. The maximum atomic E-state index is 14.1. The number of benzene rings is 3. The van der Waals surface area contributed by atoms with Crippen LogP contribution in [0.25, 0.3) is 0 Å². The first-order valence-electron chi connectivity index (χ1n) is 11.2. The van der Waals surface area contributed by atoms with Crippen molar-refractivity contribution < 1.29 is 28.6 Å². The molecule has 2 amide bonds. The average Bonchev–Trinajstić information content (AvgIpc) is 2.87. The van der Waals surface area contributed by atoms with E-state index in [1.807, 2.05) is 54.6 Å². The van der Waals surface area contributed by atoms with Crippen LogP contribution in [-0.4, -0.2) is 40.1 Å². The number of fused-ring (bicyclic) bond motifs is 1. The van der Waals surface area contributed by atoms with Gasteiger partial charge >= 0.3 is 12.1 Å². The van der Waals surface area contributed by atoms with Gasteiger partial charge in [0.15, 0.2) is 0 Å². The summed E-state index contributed by atoms with van der Waals surface area (Å²) in [7, 11) is 0. The highest BCUT2D eigenvalue weighted by Crippen LogP contribution is 2.25. The molecule has 7 nitrogen and oxygen atoms in total.